The van der Waals surface area contributed by atoms with E-state index >= 15 is 9.59 Å². The Morgan fingerprint density at radius 2 is 1.11 bits per heavy atom. The lowest BCUT2D eigenvalue weighted by molar-refractivity contribution is -0.245. The zero-order valence-electron chi connectivity index (χ0n) is 76.2. The molecular weight excluding hydrogens is 1770 g/mol. The summed E-state index contributed by atoms with van der Waals surface area (Å²) in [6.07, 6.45) is -6.05. The van der Waals surface area contributed by atoms with Crippen LogP contribution in [0.4, 0.5) is 0 Å². The fourth-order valence-corrected chi connectivity index (χ4v) is 15.4. The molecule has 1 aromatic heterocycles. The van der Waals surface area contributed by atoms with Gasteiger partial charge in [0.2, 0.25) is 70.8 Å². The molecular formula is C88H122N22O25. The standard InChI is InChI=1S/C88H122N22O25/c1-39(2)28-56(103-63(115)37-133-110-45(9)88(131)33-52-66(61(34-88)135-64-32-53(89)71(116)44(8)134-64)75(120)68-67(73(52)118)72(117)51-14-11-17-60(132-10)65(51)74(68)119)83(128)105-54(15-12-26-96-86(91)92)79(124)104-55(16-13-27-97-87(93)94)80(125)106-58(30-47-20-24-50(113)25-21-47)84(129)108-69(40(3)4)85(130)107-59(31-48-35-95-38-99-48)82(127)100-41(5)77(122)98-36-62(114)102-57(29-46-18-22-49(112)23-19-46)81(126)101-42(6)78(123)109-70(43(7)111)76(90)121/h11,14,17-25,35,38-44,53-59,61,64,69-71,111-113,116,118,120,131H,12-13,15-16,26-34,36-37,89H2,1-10H3,(H2,90,121)(H,95,99)(H,98,122)(H,100,127)(H,101,126)(H,102,114)(H,103,115)(H,104,124)(H,105,128)(H,106,125)(H,107,130)(H,108,129)(H,109,123)(H4,91,92,96)(H4,93,94,97)/b110-45+/t41-,42-,43+,44-,53-,54-,55-,56-,57-,58-,59-,61-,64-,69-,70-,71+,88-/m0/s1. The molecule has 31 N–H and O–H groups in total. The number of phenols is 4. The molecule has 2 aliphatic carbocycles. The average Bonchev–Trinajstić information content (AvgIpc) is 0.890. The number of phenolic OH excluding ortho intramolecular Hbond substituents is 4. The highest BCUT2D eigenvalue weighted by Crippen LogP contribution is 2.53. The summed E-state index contributed by atoms with van der Waals surface area (Å²) in [6, 6.07) is -0.664. The zero-order valence-corrected chi connectivity index (χ0v) is 76.2. The number of aromatic hydroxyl groups is 4. The third-order valence-corrected chi connectivity index (χ3v) is 22.7. The largest absolute Gasteiger partial charge is 0.508 e. The number of ketones is 2. The van der Waals surface area contributed by atoms with Crippen LogP contribution >= 0.6 is 0 Å². The van der Waals surface area contributed by atoms with Gasteiger partial charge in [-0.25, -0.2) is 4.98 Å². The van der Waals surface area contributed by atoms with Crippen molar-refractivity contribution in [3.8, 4) is 28.7 Å². The fourth-order valence-electron chi connectivity index (χ4n) is 15.4. The molecule has 1 fully saturated rings. The van der Waals surface area contributed by atoms with Crippen molar-refractivity contribution in [2.75, 3.05) is 33.4 Å². The lowest BCUT2D eigenvalue weighted by atomic mass is 9.72. The number of aliphatic hydroxyl groups excluding tert-OH is 2. The molecule has 47 heteroatoms. The molecule has 135 heavy (non-hydrogen) atoms. The summed E-state index contributed by atoms with van der Waals surface area (Å²) in [5.41, 5.74) is 19.5. The number of nitrogens with one attached hydrogen (secondary N) is 16. The van der Waals surface area contributed by atoms with Crippen molar-refractivity contribution >= 4 is 100 Å². The number of oxime groups is 1. The van der Waals surface area contributed by atoms with E-state index in [1.807, 2.05) is 0 Å². The molecule has 3 aliphatic rings. The predicted molar refractivity (Wildman–Crippen MR) is 482 cm³/mol. The molecule has 734 valence electrons. The molecule has 0 spiro atoms. The van der Waals surface area contributed by atoms with Gasteiger partial charge in [-0.15, -0.1) is 0 Å². The number of guanidine groups is 2. The first-order valence-corrected chi connectivity index (χ1v) is 43.7. The summed E-state index contributed by atoms with van der Waals surface area (Å²) in [5, 5.41) is 131. The number of nitrogens with zero attached hydrogens (tertiary/aromatic N) is 2. The lowest BCUT2D eigenvalue weighted by Crippen LogP contribution is -2.61. The number of primary amides is 1. The highest BCUT2D eigenvalue weighted by molar-refractivity contribution is 6.31. The maximum absolute atomic E-state index is 15.1. The van der Waals surface area contributed by atoms with Crippen LogP contribution < -0.4 is 96.8 Å². The molecule has 8 rings (SSSR count). The fraction of sp³-hybridized carbons (Fsp3) is 0.500. The predicted octanol–water partition coefficient (Wildman–Crippen LogP) is -4.21. The molecule has 12 amide bonds. The SMILES string of the molecule is COc1cccc2c1C(=O)c1c(O)c3c(c(O)c1C2=O)C[C@@](O)(/C(C)=N/OCC(=O)N[C@@H](CC(C)C)C(=O)N[C@@H](CCCNC(=N)N)C(=O)N[C@@H](CCCNC(=N)N)C(=O)N[C@@H](Cc1ccc(O)cc1)C(=O)N[C@H](C(=O)N[C@@H](Cc1cnc[nH]1)C(=O)N[C@@H](C)C(=O)NCC(=O)N[C@@H](Cc1ccc(O)cc1)C(=O)N[C@@H](C)C(=O)N[C@H](C(N)=O)[C@@H](C)O)C(C)C)C[C@@H]3O[C@H]1C[C@H](N)[C@H](O)[C@H](C)O1. The molecule has 0 saturated carbocycles. The third-order valence-electron chi connectivity index (χ3n) is 22.7. The molecule has 1 saturated heterocycles. The second-order valence-corrected chi connectivity index (χ2v) is 34.2. The van der Waals surface area contributed by atoms with E-state index in [4.69, 9.17) is 52.8 Å². The Hall–Kier alpha value is -14.2. The number of amides is 12. The number of rotatable bonds is 47. The van der Waals surface area contributed by atoms with Gasteiger partial charge in [0.25, 0.3) is 5.91 Å². The number of fused-ring (bicyclic) bond motifs is 3. The molecule has 4 aromatic carbocycles. The topological polar surface area (TPSA) is 767 Å². The van der Waals surface area contributed by atoms with E-state index in [9.17, 15) is 93.3 Å². The van der Waals surface area contributed by atoms with Gasteiger partial charge >= 0.3 is 0 Å². The van der Waals surface area contributed by atoms with E-state index in [-0.39, 0.29) is 122 Å². The van der Waals surface area contributed by atoms with Crippen molar-refractivity contribution in [3.63, 3.8) is 0 Å². The minimum absolute atomic E-state index is 0.00456. The van der Waals surface area contributed by atoms with E-state index in [1.54, 1.807) is 27.7 Å². The second kappa shape index (κ2) is 48.5. The number of methoxy groups -OCH3 is 1. The number of H-pyrrole nitrogens is 1. The summed E-state index contributed by atoms with van der Waals surface area (Å²) >= 11 is 0. The number of aromatic nitrogens is 2. The quantitative estimate of drug-likeness (QED) is 0.00566. The maximum atomic E-state index is 15.1. The summed E-state index contributed by atoms with van der Waals surface area (Å²) < 4.78 is 17.7. The summed E-state index contributed by atoms with van der Waals surface area (Å²) in [7, 11) is 1.28. The number of benzene rings is 4. The van der Waals surface area contributed by atoms with Crippen LogP contribution in [-0.4, -0.2) is 276 Å². The minimum atomic E-state index is -2.21. The Balaban J connectivity index is 0.969. The third kappa shape index (κ3) is 29.4. The Kier molecular flexibility index (Phi) is 38.1. The Morgan fingerprint density at radius 1 is 0.607 bits per heavy atom. The molecule has 0 bridgehead atoms. The van der Waals surface area contributed by atoms with Gasteiger partial charge in [-0.1, -0.05) is 69.2 Å². The van der Waals surface area contributed by atoms with E-state index in [2.05, 4.69) is 84.2 Å². The van der Waals surface area contributed by atoms with Crippen molar-refractivity contribution in [2.45, 2.75) is 236 Å². The number of nitrogens with two attached hydrogens (primary N) is 4. The number of hydrogen-bond donors (Lipinski definition) is 27. The first-order valence-electron chi connectivity index (χ1n) is 43.7. The van der Waals surface area contributed by atoms with Gasteiger partial charge in [-0.05, 0) is 120 Å². The molecule has 0 unspecified atom stereocenters. The summed E-state index contributed by atoms with van der Waals surface area (Å²) in [4.78, 5) is 210. The van der Waals surface area contributed by atoms with Crippen LogP contribution in [0.15, 0.2) is 84.4 Å². The number of aromatic amines is 1. The Bertz CT molecular complexity index is 5160. The smallest absolute Gasteiger partial charge is 0.261 e. The molecule has 17 atom stereocenters. The van der Waals surface area contributed by atoms with E-state index in [0.29, 0.717) is 16.8 Å². The van der Waals surface area contributed by atoms with Gasteiger partial charge in [-0.2, -0.15) is 0 Å². The number of carbonyl (C=O) groups is 14. The number of aliphatic hydroxyl groups is 3. The highest BCUT2D eigenvalue weighted by atomic mass is 16.7. The van der Waals surface area contributed by atoms with Crippen LogP contribution in [0.25, 0.3) is 0 Å². The zero-order chi connectivity index (χ0) is 99.7. The molecule has 47 nitrogen and oxygen atoms in total. The van der Waals surface area contributed by atoms with Gasteiger partial charge in [0.05, 0.1) is 66.8 Å². The van der Waals surface area contributed by atoms with Crippen LogP contribution in [0.5, 0.6) is 28.7 Å². The summed E-state index contributed by atoms with van der Waals surface area (Å²) in [6.45, 7) is 11.3. The first kappa shape index (κ1) is 106. The first-order chi connectivity index (χ1) is 63.7. The monoisotopic (exact) mass is 1890 g/mol. The van der Waals surface area contributed by atoms with Crippen LogP contribution in [0, 0.1) is 22.7 Å². The minimum Gasteiger partial charge on any atom is -0.508 e. The van der Waals surface area contributed by atoms with Gasteiger partial charge in [0.15, 0.2) is 30.6 Å². The number of carbonyl (C=O) groups excluding carboxylic acids is 14. The lowest BCUT2D eigenvalue weighted by Gasteiger charge is -2.42. The van der Waals surface area contributed by atoms with Crippen molar-refractivity contribution in [3.05, 3.63) is 129 Å². The van der Waals surface area contributed by atoms with Gasteiger partial charge < -0.3 is 152 Å². The normalized spacial score (nSPS) is 19.2. The molecule has 2 heterocycles. The average molecular weight is 1890 g/mol. The van der Waals surface area contributed by atoms with Crippen molar-refractivity contribution in [1.29, 1.82) is 10.8 Å². The number of imidazole rings is 1. The van der Waals surface area contributed by atoms with Crippen LogP contribution in [-0.2, 0) is 97.5 Å². The van der Waals surface area contributed by atoms with Crippen LogP contribution in [0.2, 0.25) is 0 Å². The molecule has 5 aromatic rings. The number of ether oxygens (including phenoxy) is 3. The van der Waals surface area contributed by atoms with E-state index in [0.717, 1.165) is 0 Å². The highest BCUT2D eigenvalue weighted by Gasteiger charge is 2.50. The van der Waals surface area contributed by atoms with E-state index < -0.39 is 252 Å². The number of hydrogen-bond acceptors (Lipinski definition) is 30. The second-order valence-electron chi connectivity index (χ2n) is 34.2. The molecule has 1 aliphatic heterocycles. The van der Waals surface area contributed by atoms with Gasteiger partial charge in [-0.3, -0.25) is 77.9 Å². The van der Waals surface area contributed by atoms with Gasteiger partial charge in [0.1, 0.15) is 94.8 Å². The Labute approximate surface area is 775 Å². The van der Waals surface area contributed by atoms with Crippen molar-refractivity contribution in [1.82, 2.24) is 79.1 Å². The van der Waals surface area contributed by atoms with Crippen LogP contribution in [0.1, 0.15) is 173 Å². The maximum Gasteiger partial charge on any atom is 0.261 e. The molecule has 0 radical (unpaired) electrons. The van der Waals surface area contributed by atoms with E-state index in [1.165, 1.54) is 121 Å². The Morgan fingerprint density at radius 3 is 1.63 bits per heavy atom. The summed E-state index contributed by atoms with van der Waals surface area (Å²) in [5.74, 6) is -17.1. The van der Waals surface area contributed by atoms with Crippen molar-refractivity contribution in [2.24, 2.45) is 39.9 Å². The van der Waals surface area contributed by atoms with Gasteiger partial charge in [0, 0.05) is 86.2 Å². The van der Waals surface area contributed by atoms with Crippen LogP contribution in [0.3, 0.4) is 0 Å². The van der Waals surface area contributed by atoms with Crippen molar-refractivity contribution < 1.29 is 122 Å².